The van der Waals surface area contributed by atoms with Gasteiger partial charge in [-0.3, -0.25) is 0 Å². The van der Waals surface area contributed by atoms with Crippen LogP contribution in [0.4, 0.5) is 0 Å². The average Bonchev–Trinajstić information content (AvgIpc) is 2.62. The van der Waals surface area contributed by atoms with E-state index in [0.29, 0.717) is 11.1 Å². The fourth-order valence-corrected chi connectivity index (χ4v) is 2.91. The first-order valence-corrected chi connectivity index (χ1v) is 8.32. The molecule has 2 nitrogen and oxygen atoms in total. The quantitative estimate of drug-likeness (QED) is 0.710. The molecule has 0 aromatic heterocycles. The standard InChI is InChI=1S/C23H22N2/c1-5-7-17-13-21(11-9-19(17)15-24)23(3,4)22-12-10-20(16-25)18(14-22)8-6-2/h5-14H,1-4H3. The first kappa shape index (κ1) is 18.2. The van der Waals surface area contributed by atoms with Crippen LogP contribution < -0.4 is 0 Å². The molecule has 0 radical (unpaired) electrons. The molecule has 0 N–H and O–H groups in total. The fourth-order valence-electron chi connectivity index (χ4n) is 2.91. The Morgan fingerprint density at radius 3 is 1.48 bits per heavy atom. The molecular weight excluding hydrogens is 304 g/mol. The lowest BCUT2D eigenvalue weighted by atomic mass is 9.76. The largest absolute Gasteiger partial charge is 0.192 e. The number of benzene rings is 2. The third kappa shape index (κ3) is 3.70. The van der Waals surface area contributed by atoms with E-state index < -0.39 is 0 Å². The smallest absolute Gasteiger partial charge is 0.0997 e. The average molecular weight is 326 g/mol. The van der Waals surface area contributed by atoms with Crippen LogP contribution in [0, 0.1) is 22.7 Å². The van der Waals surface area contributed by atoms with Crippen LogP contribution in [-0.2, 0) is 5.41 Å². The third-order valence-corrected chi connectivity index (χ3v) is 4.48. The predicted molar refractivity (Wildman–Crippen MR) is 104 cm³/mol. The van der Waals surface area contributed by atoms with Gasteiger partial charge in [0.05, 0.1) is 23.3 Å². The summed E-state index contributed by atoms with van der Waals surface area (Å²) in [5.74, 6) is 0. The van der Waals surface area contributed by atoms with Gasteiger partial charge in [-0.15, -0.1) is 0 Å². The molecule has 0 saturated carbocycles. The highest BCUT2D eigenvalue weighted by atomic mass is 14.3. The zero-order chi connectivity index (χ0) is 18.4. The second-order valence-electron chi connectivity index (χ2n) is 6.45. The van der Waals surface area contributed by atoms with Gasteiger partial charge in [-0.05, 0) is 60.4 Å². The summed E-state index contributed by atoms with van der Waals surface area (Å²) in [6, 6.07) is 16.4. The van der Waals surface area contributed by atoms with Crippen LogP contribution in [0.3, 0.4) is 0 Å². The van der Waals surface area contributed by atoms with Gasteiger partial charge in [0.15, 0.2) is 0 Å². The van der Waals surface area contributed by atoms with Gasteiger partial charge < -0.3 is 0 Å². The Hall–Kier alpha value is -3.10. The van der Waals surface area contributed by atoms with Gasteiger partial charge in [0, 0.05) is 5.41 Å². The summed E-state index contributed by atoms with van der Waals surface area (Å²) >= 11 is 0. The Labute approximate surface area is 150 Å². The zero-order valence-corrected chi connectivity index (χ0v) is 15.2. The van der Waals surface area contributed by atoms with Crippen molar-refractivity contribution in [2.45, 2.75) is 33.1 Å². The summed E-state index contributed by atoms with van der Waals surface area (Å²) in [5, 5.41) is 18.6. The molecule has 0 aliphatic carbocycles. The minimum Gasteiger partial charge on any atom is -0.192 e. The monoisotopic (exact) mass is 326 g/mol. The molecule has 0 atom stereocenters. The van der Waals surface area contributed by atoms with Gasteiger partial charge in [-0.1, -0.05) is 50.3 Å². The number of nitriles is 2. The summed E-state index contributed by atoms with van der Waals surface area (Å²) in [6.45, 7) is 8.22. The molecule has 0 aliphatic rings. The van der Waals surface area contributed by atoms with Crippen molar-refractivity contribution in [3.63, 3.8) is 0 Å². The molecule has 0 amide bonds. The second kappa shape index (κ2) is 7.65. The van der Waals surface area contributed by atoms with Gasteiger partial charge >= 0.3 is 0 Å². The number of hydrogen-bond donors (Lipinski definition) is 0. The maximum absolute atomic E-state index is 9.29. The molecule has 2 rings (SSSR count). The lowest BCUT2D eigenvalue weighted by Crippen LogP contribution is -2.19. The van der Waals surface area contributed by atoms with E-state index in [1.165, 1.54) is 0 Å². The van der Waals surface area contributed by atoms with Gasteiger partial charge in [0.2, 0.25) is 0 Å². The number of hydrogen-bond acceptors (Lipinski definition) is 2. The second-order valence-corrected chi connectivity index (χ2v) is 6.45. The predicted octanol–water partition coefficient (Wildman–Crippen LogP) is 5.82. The molecular formula is C23H22N2. The number of nitrogens with zero attached hydrogens (tertiary/aromatic N) is 2. The zero-order valence-electron chi connectivity index (χ0n) is 15.2. The maximum atomic E-state index is 9.29. The summed E-state index contributed by atoms with van der Waals surface area (Å²) in [6.07, 6.45) is 7.81. The van der Waals surface area contributed by atoms with E-state index in [0.717, 1.165) is 22.3 Å². The first-order chi connectivity index (χ1) is 12.0. The summed E-state index contributed by atoms with van der Waals surface area (Å²) in [7, 11) is 0. The Balaban J connectivity index is 2.59. The lowest BCUT2D eigenvalue weighted by molar-refractivity contribution is 0.640. The fraction of sp³-hybridized carbons (Fsp3) is 0.217. The molecule has 0 saturated heterocycles. The van der Waals surface area contributed by atoms with E-state index in [9.17, 15) is 10.5 Å². The van der Waals surface area contributed by atoms with Crippen molar-refractivity contribution in [2.75, 3.05) is 0 Å². The number of allylic oxidation sites excluding steroid dienone is 2. The van der Waals surface area contributed by atoms with Gasteiger partial charge in [0.1, 0.15) is 0 Å². The van der Waals surface area contributed by atoms with Crippen molar-refractivity contribution < 1.29 is 0 Å². The molecule has 25 heavy (non-hydrogen) atoms. The van der Waals surface area contributed by atoms with Crippen molar-refractivity contribution in [2.24, 2.45) is 0 Å². The number of rotatable bonds is 4. The molecule has 0 spiro atoms. The normalized spacial score (nSPS) is 11.6. The Kier molecular flexibility index (Phi) is 5.58. The lowest BCUT2D eigenvalue weighted by Gasteiger charge is -2.27. The highest BCUT2D eigenvalue weighted by Gasteiger charge is 2.24. The van der Waals surface area contributed by atoms with Crippen molar-refractivity contribution in [3.8, 4) is 12.1 Å². The van der Waals surface area contributed by atoms with Crippen LogP contribution in [0.25, 0.3) is 12.2 Å². The van der Waals surface area contributed by atoms with Crippen LogP contribution in [-0.4, -0.2) is 0 Å². The molecule has 0 unspecified atom stereocenters. The molecule has 124 valence electrons. The van der Waals surface area contributed by atoms with Crippen molar-refractivity contribution in [1.82, 2.24) is 0 Å². The van der Waals surface area contributed by atoms with E-state index in [1.54, 1.807) is 0 Å². The Morgan fingerprint density at radius 2 is 1.16 bits per heavy atom. The molecule has 2 heteroatoms. The molecule has 0 bridgehead atoms. The summed E-state index contributed by atoms with van der Waals surface area (Å²) < 4.78 is 0. The third-order valence-electron chi connectivity index (χ3n) is 4.48. The van der Waals surface area contributed by atoms with E-state index >= 15 is 0 Å². The minimum absolute atomic E-state index is 0.241. The van der Waals surface area contributed by atoms with Crippen molar-refractivity contribution >= 4 is 12.2 Å². The molecule has 0 heterocycles. The SMILES string of the molecule is CC=Cc1cc(C(C)(C)c2ccc(C#N)c(C=CC)c2)ccc1C#N. The minimum atomic E-state index is -0.241. The molecule has 0 aliphatic heterocycles. The van der Waals surface area contributed by atoms with E-state index in [1.807, 2.05) is 62.4 Å². The molecule has 2 aromatic rings. The first-order valence-electron chi connectivity index (χ1n) is 8.32. The van der Waals surface area contributed by atoms with Crippen LogP contribution in [0.1, 0.15) is 61.1 Å². The van der Waals surface area contributed by atoms with E-state index in [4.69, 9.17) is 0 Å². The summed E-state index contributed by atoms with van der Waals surface area (Å²) in [4.78, 5) is 0. The summed E-state index contributed by atoms with van der Waals surface area (Å²) in [5.41, 5.74) is 5.23. The highest BCUT2D eigenvalue weighted by Crippen LogP contribution is 2.34. The molecule has 2 aromatic carbocycles. The Bertz CT molecular complexity index is 841. The van der Waals surface area contributed by atoms with Crippen LogP contribution in [0.2, 0.25) is 0 Å². The van der Waals surface area contributed by atoms with Gasteiger partial charge in [0.25, 0.3) is 0 Å². The van der Waals surface area contributed by atoms with Crippen molar-refractivity contribution in [1.29, 1.82) is 10.5 Å². The van der Waals surface area contributed by atoms with Gasteiger partial charge in [-0.2, -0.15) is 10.5 Å². The highest BCUT2D eigenvalue weighted by molar-refractivity contribution is 5.62. The van der Waals surface area contributed by atoms with Crippen LogP contribution >= 0.6 is 0 Å². The van der Waals surface area contributed by atoms with Crippen LogP contribution in [0.5, 0.6) is 0 Å². The van der Waals surface area contributed by atoms with Crippen LogP contribution in [0.15, 0.2) is 48.6 Å². The Morgan fingerprint density at radius 1 is 0.760 bits per heavy atom. The molecule has 0 fully saturated rings. The van der Waals surface area contributed by atoms with E-state index in [-0.39, 0.29) is 5.41 Å². The van der Waals surface area contributed by atoms with Gasteiger partial charge in [-0.25, -0.2) is 0 Å². The maximum Gasteiger partial charge on any atom is 0.0997 e. The van der Waals surface area contributed by atoms with E-state index in [2.05, 4.69) is 38.1 Å². The topological polar surface area (TPSA) is 47.6 Å². The van der Waals surface area contributed by atoms with Crippen molar-refractivity contribution in [3.05, 3.63) is 81.9 Å².